The van der Waals surface area contributed by atoms with Gasteiger partial charge in [0.2, 0.25) is 10.0 Å². The number of aryl methyl sites for hydroxylation is 2. The van der Waals surface area contributed by atoms with Crippen LogP contribution in [0.25, 0.3) is 0 Å². The minimum absolute atomic E-state index is 0.156. The Morgan fingerprint density at radius 2 is 1.79 bits per heavy atom. The smallest absolute Gasteiger partial charge is 0.240 e. The standard InChI is InChI=1S/C18H30N2O3S/c1-13-7-8-14(2)17(9-13)24(21,22)19-12-18(5,6)20-10-15(3)23-16(4)11-20/h7-9,15-16,19H,10-12H2,1-6H3/t15-,16-/m1/s1. The molecule has 1 aromatic carbocycles. The summed E-state index contributed by atoms with van der Waals surface area (Å²) in [5.74, 6) is 0. The summed E-state index contributed by atoms with van der Waals surface area (Å²) in [6.45, 7) is 14.0. The average Bonchev–Trinajstić information content (AvgIpc) is 2.47. The molecule has 6 heteroatoms. The van der Waals surface area contributed by atoms with Gasteiger partial charge in [-0.2, -0.15) is 0 Å². The van der Waals surface area contributed by atoms with E-state index in [1.807, 2.05) is 26.0 Å². The van der Waals surface area contributed by atoms with Gasteiger partial charge in [0.05, 0.1) is 17.1 Å². The van der Waals surface area contributed by atoms with Gasteiger partial charge in [-0.3, -0.25) is 4.90 Å². The highest BCUT2D eigenvalue weighted by Crippen LogP contribution is 2.22. The number of sulfonamides is 1. The van der Waals surface area contributed by atoms with Crippen molar-refractivity contribution in [2.24, 2.45) is 0 Å². The summed E-state index contributed by atoms with van der Waals surface area (Å²) in [5, 5.41) is 0. The summed E-state index contributed by atoms with van der Waals surface area (Å²) in [6.07, 6.45) is 0.312. The molecule has 0 bridgehead atoms. The van der Waals surface area contributed by atoms with Gasteiger partial charge in [0.1, 0.15) is 0 Å². The minimum Gasteiger partial charge on any atom is -0.373 e. The number of nitrogens with zero attached hydrogens (tertiary/aromatic N) is 1. The highest BCUT2D eigenvalue weighted by atomic mass is 32.2. The van der Waals surface area contributed by atoms with Crippen LogP contribution in [-0.4, -0.2) is 50.7 Å². The van der Waals surface area contributed by atoms with Crippen molar-refractivity contribution < 1.29 is 13.2 Å². The molecule has 1 aliphatic rings. The quantitative estimate of drug-likeness (QED) is 0.882. The fourth-order valence-corrected chi connectivity index (χ4v) is 4.66. The Balaban J connectivity index is 2.11. The van der Waals surface area contributed by atoms with Crippen LogP contribution in [0.2, 0.25) is 0 Å². The van der Waals surface area contributed by atoms with E-state index in [4.69, 9.17) is 4.74 Å². The number of rotatable bonds is 5. The molecule has 2 atom stereocenters. The van der Waals surface area contributed by atoms with E-state index in [0.29, 0.717) is 11.4 Å². The van der Waals surface area contributed by atoms with Gasteiger partial charge in [-0.1, -0.05) is 12.1 Å². The maximum Gasteiger partial charge on any atom is 0.240 e. The zero-order valence-corrected chi connectivity index (χ0v) is 16.4. The Morgan fingerprint density at radius 1 is 1.21 bits per heavy atom. The lowest BCUT2D eigenvalue weighted by atomic mass is 10.0. The van der Waals surface area contributed by atoms with Crippen molar-refractivity contribution in [2.45, 2.75) is 64.2 Å². The molecule has 2 rings (SSSR count). The first-order valence-corrected chi connectivity index (χ1v) is 9.97. The highest BCUT2D eigenvalue weighted by molar-refractivity contribution is 7.89. The van der Waals surface area contributed by atoms with Gasteiger partial charge in [-0.25, -0.2) is 13.1 Å². The van der Waals surface area contributed by atoms with E-state index < -0.39 is 10.0 Å². The monoisotopic (exact) mass is 354 g/mol. The zero-order chi connectivity index (χ0) is 18.1. The third kappa shape index (κ3) is 4.57. The third-order valence-electron chi connectivity index (χ3n) is 4.60. The van der Waals surface area contributed by atoms with Gasteiger partial charge in [0.15, 0.2) is 0 Å². The van der Waals surface area contributed by atoms with Crippen LogP contribution in [0.5, 0.6) is 0 Å². The Morgan fingerprint density at radius 3 is 2.38 bits per heavy atom. The fourth-order valence-electron chi connectivity index (χ4n) is 3.13. The molecule has 1 N–H and O–H groups in total. The first-order valence-electron chi connectivity index (χ1n) is 8.49. The lowest BCUT2D eigenvalue weighted by Gasteiger charge is -2.45. The summed E-state index contributed by atoms with van der Waals surface area (Å²) in [5.41, 5.74) is 1.42. The van der Waals surface area contributed by atoms with Gasteiger partial charge in [0.25, 0.3) is 0 Å². The maximum absolute atomic E-state index is 12.7. The van der Waals surface area contributed by atoms with E-state index in [9.17, 15) is 8.42 Å². The molecule has 0 spiro atoms. The van der Waals surface area contributed by atoms with Gasteiger partial charge >= 0.3 is 0 Å². The first kappa shape index (κ1) is 19.4. The van der Waals surface area contributed by atoms with Crippen molar-refractivity contribution in [1.82, 2.24) is 9.62 Å². The van der Waals surface area contributed by atoms with Crippen molar-refractivity contribution in [2.75, 3.05) is 19.6 Å². The van der Waals surface area contributed by atoms with E-state index in [2.05, 4.69) is 37.3 Å². The number of ether oxygens (including phenoxy) is 1. The second kappa shape index (κ2) is 7.12. The predicted molar refractivity (Wildman–Crippen MR) is 96.8 cm³/mol. The Bertz CT molecular complexity index is 676. The number of hydrogen-bond donors (Lipinski definition) is 1. The molecular weight excluding hydrogens is 324 g/mol. The van der Waals surface area contributed by atoms with Gasteiger partial charge in [-0.15, -0.1) is 0 Å². The Kier molecular flexibility index (Phi) is 5.75. The maximum atomic E-state index is 12.7. The summed E-state index contributed by atoms with van der Waals surface area (Å²) in [7, 11) is -3.52. The van der Waals surface area contributed by atoms with Crippen LogP contribution in [0.1, 0.15) is 38.8 Å². The van der Waals surface area contributed by atoms with E-state index in [0.717, 1.165) is 24.2 Å². The van der Waals surface area contributed by atoms with E-state index >= 15 is 0 Å². The number of benzene rings is 1. The van der Waals surface area contributed by atoms with Crippen molar-refractivity contribution in [1.29, 1.82) is 0 Å². The number of morpholine rings is 1. The molecule has 1 aliphatic heterocycles. The van der Waals surface area contributed by atoms with Gasteiger partial charge in [0, 0.05) is 25.2 Å². The molecule has 1 saturated heterocycles. The second-order valence-electron chi connectivity index (χ2n) is 7.57. The molecule has 0 radical (unpaired) electrons. The SMILES string of the molecule is Cc1ccc(C)c(S(=O)(=O)NCC(C)(C)N2C[C@@H](C)O[C@H](C)C2)c1. The molecule has 5 nitrogen and oxygen atoms in total. The van der Waals surface area contributed by atoms with Gasteiger partial charge in [-0.05, 0) is 58.7 Å². The lowest BCUT2D eigenvalue weighted by molar-refractivity contribution is -0.0945. The molecule has 0 aromatic heterocycles. The molecule has 1 aromatic rings. The van der Waals surface area contributed by atoms with E-state index in [1.54, 1.807) is 6.07 Å². The van der Waals surface area contributed by atoms with Crippen molar-refractivity contribution >= 4 is 10.0 Å². The molecule has 0 amide bonds. The fraction of sp³-hybridized carbons (Fsp3) is 0.667. The molecule has 0 aliphatic carbocycles. The summed E-state index contributed by atoms with van der Waals surface area (Å²) in [6, 6.07) is 5.50. The number of hydrogen-bond acceptors (Lipinski definition) is 4. The normalized spacial score (nSPS) is 23.4. The van der Waals surface area contributed by atoms with Gasteiger partial charge < -0.3 is 4.74 Å². The predicted octanol–water partition coefficient (Wildman–Crippen LogP) is 2.47. The third-order valence-corrected chi connectivity index (χ3v) is 6.15. The second-order valence-corrected chi connectivity index (χ2v) is 9.30. The Labute approximate surface area is 146 Å². The molecule has 0 saturated carbocycles. The van der Waals surface area contributed by atoms with Crippen molar-refractivity contribution in [3.63, 3.8) is 0 Å². The van der Waals surface area contributed by atoms with Crippen LogP contribution >= 0.6 is 0 Å². The molecule has 24 heavy (non-hydrogen) atoms. The van der Waals surface area contributed by atoms with Crippen LogP contribution in [0.4, 0.5) is 0 Å². The van der Waals surface area contributed by atoms with Crippen LogP contribution in [0, 0.1) is 13.8 Å². The summed E-state index contributed by atoms with van der Waals surface area (Å²) < 4.78 is 34.0. The zero-order valence-electron chi connectivity index (χ0n) is 15.6. The van der Waals surface area contributed by atoms with Crippen LogP contribution in [-0.2, 0) is 14.8 Å². The molecule has 0 unspecified atom stereocenters. The number of nitrogens with one attached hydrogen (secondary N) is 1. The topological polar surface area (TPSA) is 58.6 Å². The van der Waals surface area contributed by atoms with Crippen molar-refractivity contribution in [3.05, 3.63) is 29.3 Å². The van der Waals surface area contributed by atoms with E-state index in [1.165, 1.54) is 0 Å². The molecule has 1 fully saturated rings. The minimum atomic E-state index is -3.52. The average molecular weight is 355 g/mol. The summed E-state index contributed by atoms with van der Waals surface area (Å²) in [4.78, 5) is 2.67. The van der Waals surface area contributed by atoms with Crippen LogP contribution < -0.4 is 4.72 Å². The summed E-state index contributed by atoms with van der Waals surface area (Å²) >= 11 is 0. The Hall–Kier alpha value is -0.950. The molecule has 1 heterocycles. The first-order chi connectivity index (χ1) is 11.0. The van der Waals surface area contributed by atoms with Crippen molar-refractivity contribution in [3.8, 4) is 0 Å². The molecular formula is C18H30N2O3S. The lowest BCUT2D eigenvalue weighted by Crippen LogP contribution is -2.58. The van der Waals surface area contributed by atoms with E-state index in [-0.39, 0.29) is 17.7 Å². The largest absolute Gasteiger partial charge is 0.373 e. The highest BCUT2D eigenvalue weighted by Gasteiger charge is 2.34. The van der Waals surface area contributed by atoms with Crippen LogP contribution in [0.3, 0.4) is 0 Å². The molecule has 136 valence electrons. The van der Waals surface area contributed by atoms with Crippen LogP contribution in [0.15, 0.2) is 23.1 Å².